The van der Waals surface area contributed by atoms with E-state index in [1.165, 1.54) is 77.9 Å². The van der Waals surface area contributed by atoms with Crippen LogP contribution in [0.5, 0.6) is 0 Å². The number of hydrogen-bond acceptors (Lipinski definition) is 1. The fourth-order valence-corrected chi connectivity index (χ4v) is 11.2. The van der Waals surface area contributed by atoms with E-state index in [4.69, 9.17) is 0 Å². The van der Waals surface area contributed by atoms with Gasteiger partial charge in [-0.3, -0.25) is 0 Å². The van der Waals surface area contributed by atoms with Crippen molar-refractivity contribution < 1.29 is 0 Å². The molecule has 9 aromatic rings. The van der Waals surface area contributed by atoms with E-state index in [1.807, 2.05) is 0 Å². The van der Waals surface area contributed by atoms with E-state index in [2.05, 4.69) is 271 Å². The standard InChI is InChI=1S/C64H55N/c1-61(2,3)47-34-37-54-55-38-35-48(62(4,5)6)42-59(55)64(58(54)41-47,46-26-15-9-16-27-46)49-28-21-31-51(40-49)65(50-29-17-10-18-30-50)52-36-39-56-53-32-19-20-33-57(53)63(60(56)43-52,44-22-11-7-12-23-44)45-24-13-8-14-25-45/h7-43H,1-6H3. The van der Waals surface area contributed by atoms with Gasteiger partial charge in [-0.15, -0.1) is 0 Å². The molecule has 0 fully saturated rings. The van der Waals surface area contributed by atoms with Gasteiger partial charge in [-0.2, -0.15) is 0 Å². The molecule has 0 heterocycles. The third-order valence-corrected chi connectivity index (χ3v) is 14.3. The molecule has 2 aliphatic rings. The topological polar surface area (TPSA) is 3.24 Å². The first-order valence-electron chi connectivity index (χ1n) is 23.2. The highest BCUT2D eigenvalue weighted by molar-refractivity contribution is 5.91. The molecule has 0 amide bonds. The average molecular weight is 838 g/mol. The summed E-state index contributed by atoms with van der Waals surface area (Å²) in [5.41, 5.74) is 20.3. The van der Waals surface area contributed by atoms with Gasteiger partial charge >= 0.3 is 0 Å². The summed E-state index contributed by atoms with van der Waals surface area (Å²) in [6.45, 7) is 14.0. The second kappa shape index (κ2) is 15.2. The molecule has 0 aliphatic heterocycles. The molecule has 0 atom stereocenters. The highest BCUT2D eigenvalue weighted by Crippen LogP contribution is 2.60. The number of para-hydroxylation sites is 1. The lowest BCUT2D eigenvalue weighted by Crippen LogP contribution is -2.30. The van der Waals surface area contributed by atoms with Crippen LogP contribution in [-0.4, -0.2) is 0 Å². The van der Waals surface area contributed by atoms with Gasteiger partial charge in [-0.1, -0.05) is 230 Å². The monoisotopic (exact) mass is 837 g/mol. The van der Waals surface area contributed by atoms with Crippen LogP contribution in [0.2, 0.25) is 0 Å². The third-order valence-electron chi connectivity index (χ3n) is 14.3. The van der Waals surface area contributed by atoms with Gasteiger partial charge in [0, 0.05) is 17.1 Å². The van der Waals surface area contributed by atoms with E-state index >= 15 is 0 Å². The lowest BCUT2D eigenvalue weighted by molar-refractivity contribution is 0.586. The molecular formula is C64H55N. The molecule has 2 aliphatic carbocycles. The Balaban J connectivity index is 1.19. The second-order valence-corrected chi connectivity index (χ2v) is 20.1. The first-order chi connectivity index (χ1) is 31.5. The number of anilines is 3. The average Bonchev–Trinajstić information content (AvgIpc) is 3.80. The zero-order valence-electron chi connectivity index (χ0n) is 38.3. The van der Waals surface area contributed by atoms with E-state index in [-0.39, 0.29) is 10.8 Å². The lowest BCUT2D eigenvalue weighted by Gasteiger charge is -2.37. The second-order valence-electron chi connectivity index (χ2n) is 20.1. The van der Waals surface area contributed by atoms with E-state index in [0.717, 1.165) is 17.1 Å². The SMILES string of the molecule is CC(C)(C)c1ccc2c(c1)C(c1ccccc1)(c1cccc(N(c3ccccc3)c3ccc4c(c3)C(c3ccccc3)(c3ccccc3)c3ccccc3-4)c1)c1cc(C(C)(C)C)ccc1-2. The number of benzene rings is 9. The van der Waals surface area contributed by atoms with Crippen molar-refractivity contribution in [2.45, 2.75) is 63.2 Å². The maximum absolute atomic E-state index is 2.52. The van der Waals surface area contributed by atoms with Crippen molar-refractivity contribution in [2.24, 2.45) is 0 Å². The maximum atomic E-state index is 2.52. The van der Waals surface area contributed by atoms with Gasteiger partial charge in [0.15, 0.2) is 0 Å². The zero-order valence-corrected chi connectivity index (χ0v) is 38.3. The zero-order chi connectivity index (χ0) is 44.6. The molecule has 0 bridgehead atoms. The summed E-state index contributed by atoms with van der Waals surface area (Å²) in [5.74, 6) is 0. The fraction of sp³-hybridized carbons (Fsp3) is 0.156. The van der Waals surface area contributed by atoms with Crippen molar-refractivity contribution in [3.8, 4) is 22.3 Å². The fourth-order valence-electron chi connectivity index (χ4n) is 11.2. The van der Waals surface area contributed by atoms with Gasteiger partial charge in [0.05, 0.1) is 10.8 Å². The predicted molar refractivity (Wildman–Crippen MR) is 273 cm³/mol. The van der Waals surface area contributed by atoms with Gasteiger partial charge in [-0.05, 0) is 125 Å². The Bertz CT molecular complexity index is 3100. The van der Waals surface area contributed by atoms with Crippen LogP contribution < -0.4 is 4.90 Å². The van der Waals surface area contributed by atoms with Crippen LogP contribution >= 0.6 is 0 Å². The largest absolute Gasteiger partial charge is 0.310 e. The molecule has 11 rings (SSSR count). The van der Waals surface area contributed by atoms with Crippen LogP contribution in [0.4, 0.5) is 17.1 Å². The number of hydrogen-bond donors (Lipinski definition) is 0. The molecule has 0 radical (unpaired) electrons. The first kappa shape index (κ1) is 40.5. The molecule has 316 valence electrons. The number of nitrogens with zero attached hydrogens (tertiary/aromatic N) is 1. The van der Waals surface area contributed by atoms with E-state index in [0.29, 0.717) is 0 Å². The highest BCUT2D eigenvalue weighted by Gasteiger charge is 2.48. The maximum Gasteiger partial charge on any atom is 0.0714 e. The molecule has 9 aromatic carbocycles. The normalized spacial score (nSPS) is 14.2. The molecule has 0 spiro atoms. The molecule has 65 heavy (non-hydrogen) atoms. The van der Waals surface area contributed by atoms with Crippen molar-refractivity contribution in [3.05, 3.63) is 280 Å². The molecule has 1 nitrogen and oxygen atoms in total. The first-order valence-corrected chi connectivity index (χ1v) is 23.2. The van der Waals surface area contributed by atoms with Crippen LogP contribution in [-0.2, 0) is 21.7 Å². The van der Waals surface area contributed by atoms with Crippen molar-refractivity contribution in [2.75, 3.05) is 4.90 Å². The molecule has 0 saturated heterocycles. The molecule has 0 N–H and O–H groups in total. The van der Waals surface area contributed by atoms with Crippen molar-refractivity contribution in [1.82, 2.24) is 0 Å². The minimum Gasteiger partial charge on any atom is -0.310 e. The third kappa shape index (κ3) is 6.28. The van der Waals surface area contributed by atoms with Gasteiger partial charge in [0.25, 0.3) is 0 Å². The summed E-state index contributed by atoms with van der Waals surface area (Å²) < 4.78 is 0. The summed E-state index contributed by atoms with van der Waals surface area (Å²) >= 11 is 0. The van der Waals surface area contributed by atoms with Gasteiger partial charge in [-0.25, -0.2) is 0 Å². The minimum absolute atomic E-state index is 0.0310. The van der Waals surface area contributed by atoms with Crippen LogP contribution in [0.3, 0.4) is 0 Å². The van der Waals surface area contributed by atoms with Crippen molar-refractivity contribution >= 4 is 17.1 Å². The Labute approximate surface area is 385 Å². The quantitative estimate of drug-likeness (QED) is 0.155. The van der Waals surface area contributed by atoms with E-state index in [9.17, 15) is 0 Å². The summed E-state index contributed by atoms with van der Waals surface area (Å²) in [5, 5.41) is 0. The van der Waals surface area contributed by atoms with Crippen molar-refractivity contribution in [3.63, 3.8) is 0 Å². The Kier molecular flexibility index (Phi) is 9.49. The van der Waals surface area contributed by atoms with Gasteiger partial charge in [0.2, 0.25) is 0 Å². The predicted octanol–water partition coefficient (Wildman–Crippen LogP) is 16.5. The molecule has 0 saturated carbocycles. The Hall–Kier alpha value is -7.22. The number of fused-ring (bicyclic) bond motifs is 6. The summed E-state index contributed by atoms with van der Waals surface area (Å²) in [4.78, 5) is 2.47. The van der Waals surface area contributed by atoms with E-state index in [1.54, 1.807) is 0 Å². The summed E-state index contributed by atoms with van der Waals surface area (Å²) in [7, 11) is 0. The Morgan fingerprint density at radius 2 is 0.646 bits per heavy atom. The van der Waals surface area contributed by atoms with Crippen LogP contribution in [0.15, 0.2) is 224 Å². The van der Waals surface area contributed by atoms with E-state index < -0.39 is 10.8 Å². The molecule has 0 aromatic heterocycles. The lowest BCUT2D eigenvalue weighted by atomic mass is 9.66. The van der Waals surface area contributed by atoms with Crippen molar-refractivity contribution in [1.29, 1.82) is 0 Å². The van der Waals surface area contributed by atoms with Gasteiger partial charge < -0.3 is 4.90 Å². The summed E-state index contributed by atoms with van der Waals surface area (Å²) in [6, 6.07) is 84.6. The number of rotatable bonds is 7. The summed E-state index contributed by atoms with van der Waals surface area (Å²) in [6.07, 6.45) is 0. The van der Waals surface area contributed by atoms with Crippen LogP contribution in [0, 0.1) is 0 Å². The molecule has 1 heteroatoms. The van der Waals surface area contributed by atoms with Gasteiger partial charge in [0.1, 0.15) is 0 Å². The van der Waals surface area contributed by atoms with Crippen LogP contribution in [0.1, 0.15) is 97.2 Å². The Morgan fingerprint density at radius 3 is 1.15 bits per heavy atom. The Morgan fingerprint density at radius 1 is 0.277 bits per heavy atom. The smallest absolute Gasteiger partial charge is 0.0714 e. The highest BCUT2D eigenvalue weighted by atomic mass is 15.1. The molecule has 0 unspecified atom stereocenters. The minimum atomic E-state index is -0.581. The van der Waals surface area contributed by atoms with Crippen LogP contribution in [0.25, 0.3) is 22.3 Å². The molecular weight excluding hydrogens is 783 g/mol.